The predicted molar refractivity (Wildman–Crippen MR) is 85.8 cm³/mol. The van der Waals surface area contributed by atoms with Crippen molar-refractivity contribution >= 4 is 29.3 Å². The number of carboxylic acid groups (broad SMARTS) is 1. The molecule has 21 heavy (non-hydrogen) atoms. The van der Waals surface area contributed by atoms with E-state index >= 15 is 0 Å². The number of aryl methyl sites for hydroxylation is 2. The molecular formula is C15H17ClN2O2S. The second-order valence-electron chi connectivity index (χ2n) is 4.81. The van der Waals surface area contributed by atoms with E-state index in [1.807, 2.05) is 37.3 Å². The number of carbonyl (C=O) groups is 1. The van der Waals surface area contributed by atoms with Crippen molar-refractivity contribution in [3.05, 3.63) is 52.3 Å². The first-order chi connectivity index (χ1) is 9.99. The molecule has 4 nitrogen and oxygen atoms in total. The first kappa shape index (κ1) is 15.9. The number of thioether (sulfide) groups is 1. The Bertz CT molecular complexity index is 628. The van der Waals surface area contributed by atoms with Gasteiger partial charge in [0, 0.05) is 18.4 Å². The highest BCUT2D eigenvalue weighted by Crippen LogP contribution is 2.27. The van der Waals surface area contributed by atoms with Crippen LogP contribution in [0.4, 0.5) is 0 Å². The molecule has 0 saturated carbocycles. The summed E-state index contributed by atoms with van der Waals surface area (Å²) >= 11 is 7.56. The highest BCUT2D eigenvalue weighted by Gasteiger charge is 2.21. The Morgan fingerprint density at radius 2 is 2.10 bits per heavy atom. The third kappa shape index (κ3) is 4.02. The van der Waals surface area contributed by atoms with Gasteiger partial charge in [-0.25, -0.2) is 0 Å². The lowest BCUT2D eigenvalue weighted by atomic mass is 10.1. The van der Waals surface area contributed by atoms with Crippen LogP contribution in [-0.4, -0.2) is 26.1 Å². The zero-order valence-corrected chi connectivity index (χ0v) is 13.5. The average Bonchev–Trinajstić information content (AvgIpc) is 2.69. The van der Waals surface area contributed by atoms with Crippen LogP contribution in [0.25, 0.3) is 0 Å². The van der Waals surface area contributed by atoms with Crippen LogP contribution in [0.5, 0.6) is 0 Å². The van der Waals surface area contributed by atoms with E-state index in [0.29, 0.717) is 17.3 Å². The van der Waals surface area contributed by atoms with Crippen LogP contribution < -0.4 is 0 Å². The van der Waals surface area contributed by atoms with E-state index in [0.717, 1.165) is 16.8 Å². The minimum atomic E-state index is -0.804. The van der Waals surface area contributed by atoms with E-state index in [1.54, 1.807) is 11.7 Å². The molecule has 2 rings (SSSR count). The molecule has 1 heterocycles. The van der Waals surface area contributed by atoms with E-state index < -0.39 is 11.2 Å². The van der Waals surface area contributed by atoms with E-state index in [4.69, 9.17) is 11.6 Å². The number of nitrogens with zero attached hydrogens (tertiary/aromatic N) is 2. The summed E-state index contributed by atoms with van der Waals surface area (Å²) in [6.45, 7) is 1.88. The highest BCUT2D eigenvalue weighted by molar-refractivity contribution is 7.99. The van der Waals surface area contributed by atoms with Gasteiger partial charge >= 0.3 is 5.97 Å². The molecule has 0 spiro atoms. The van der Waals surface area contributed by atoms with Crippen molar-refractivity contribution < 1.29 is 9.90 Å². The number of carboxylic acids is 1. The summed E-state index contributed by atoms with van der Waals surface area (Å²) in [5, 5.41) is 13.7. The Kier molecular flexibility index (Phi) is 5.31. The Morgan fingerprint density at radius 3 is 2.62 bits per heavy atom. The average molecular weight is 325 g/mol. The number of halogens is 1. The van der Waals surface area contributed by atoms with Crippen molar-refractivity contribution in [2.75, 3.05) is 0 Å². The van der Waals surface area contributed by atoms with Gasteiger partial charge in [0.15, 0.2) is 0 Å². The molecule has 0 radical (unpaired) electrons. The maximum Gasteiger partial charge on any atom is 0.316 e. The number of aliphatic carboxylic acids is 1. The van der Waals surface area contributed by atoms with Gasteiger partial charge in [0.25, 0.3) is 0 Å². The third-order valence-electron chi connectivity index (χ3n) is 3.24. The van der Waals surface area contributed by atoms with Crippen molar-refractivity contribution in [1.29, 1.82) is 0 Å². The molecule has 112 valence electrons. The van der Waals surface area contributed by atoms with Crippen LogP contribution >= 0.6 is 23.4 Å². The summed E-state index contributed by atoms with van der Waals surface area (Å²) in [6.07, 6.45) is 0.498. The fourth-order valence-corrected chi connectivity index (χ4v) is 3.55. The van der Waals surface area contributed by atoms with Gasteiger partial charge < -0.3 is 5.11 Å². The zero-order valence-electron chi connectivity index (χ0n) is 11.9. The molecule has 0 amide bonds. The third-order valence-corrected chi connectivity index (χ3v) is 4.94. The number of hydrogen-bond acceptors (Lipinski definition) is 3. The lowest BCUT2D eigenvalue weighted by Crippen LogP contribution is -2.19. The van der Waals surface area contributed by atoms with E-state index in [2.05, 4.69) is 5.10 Å². The van der Waals surface area contributed by atoms with Crippen molar-refractivity contribution in [2.24, 2.45) is 7.05 Å². The molecule has 0 fully saturated rings. The summed E-state index contributed by atoms with van der Waals surface area (Å²) in [4.78, 5) is 11.4. The second kappa shape index (κ2) is 7.00. The molecule has 6 heteroatoms. The molecule has 0 aliphatic rings. The van der Waals surface area contributed by atoms with E-state index in [-0.39, 0.29) is 0 Å². The smallest absolute Gasteiger partial charge is 0.316 e. The van der Waals surface area contributed by atoms with Crippen molar-refractivity contribution in [3.8, 4) is 0 Å². The van der Waals surface area contributed by atoms with Crippen molar-refractivity contribution in [3.63, 3.8) is 0 Å². The minimum Gasteiger partial charge on any atom is -0.480 e. The zero-order chi connectivity index (χ0) is 15.4. The molecule has 1 N–H and O–H groups in total. The monoisotopic (exact) mass is 324 g/mol. The molecule has 0 saturated heterocycles. The van der Waals surface area contributed by atoms with Crippen LogP contribution in [0.1, 0.15) is 16.8 Å². The van der Waals surface area contributed by atoms with Gasteiger partial charge in [-0.15, -0.1) is 11.8 Å². The predicted octanol–water partition coefficient (Wildman–Crippen LogP) is 3.31. The molecule has 1 atom stereocenters. The Labute approximate surface area is 133 Å². The van der Waals surface area contributed by atoms with Crippen LogP contribution in [0.3, 0.4) is 0 Å². The normalized spacial score (nSPS) is 12.3. The van der Waals surface area contributed by atoms with Gasteiger partial charge in [0.05, 0.1) is 5.69 Å². The SMILES string of the molecule is Cc1nn(C)c(Cl)c1CSC(Cc1ccccc1)C(=O)O. The van der Waals surface area contributed by atoms with Crippen molar-refractivity contribution in [2.45, 2.75) is 24.3 Å². The lowest BCUT2D eigenvalue weighted by Gasteiger charge is -2.12. The topological polar surface area (TPSA) is 55.1 Å². The van der Waals surface area contributed by atoms with Gasteiger partial charge in [-0.2, -0.15) is 5.10 Å². The van der Waals surface area contributed by atoms with Gasteiger partial charge in [-0.3, -0.25) is 9.48 Å². The number of hydrogen-bond donors (Lipinski definition) is 1. The molecule has 1 aromatic heterocycles. The number of benzene rings is 1. The summed E-state index contributed by atoms with van der Waals surface area (Å²) in [7, 11) is 1.78. The molecule has 1 unspecified atom stereocenters. The largest absolute Gasteiger partial charge is 0.480 e. The minimum absolute atomic E-state index is 0.497. The maximum absolute atomic E-state index is 11.4. The summed E-state index contributed by atoms with van der Waals surface area (Å²) in [6, 6.07) is 9.64. The standard InChI is InChI=1S/C15H17ClN2O2S/c1-10-12(14(16)18(2)17-10)9-21-13(15(19)20)8-11-6-4-3-5-7-11/h3-7,13H,8-9H2,1-2H3,(H,19,20). The fraction of sp³-hybridized carbons (Fsp3) is 0.333. The van der Waals surface area contributed by atoms with E-state index in [1.165, 1.54) is 11.8 Å². The summed E-state index contributed by atoms with van der Waals surface area (Å²) < 4.78 is 1.61. The number of aromatic nitrogens is 2. The van der Waals surface area contributed by atoms with Gasteiger partial charge in [0.2, 0.25) is 0 Å². The lowest BCUT2D eigenvalue weighted by molar-refractivity contribution is -0.136. The quantitative estimate of drug-likeness (QED) is 0.885. The molecule has 0 aliphatic heterocycles. The highest BCUT2D eigenvalue weighted by atomic mass is 35.5. The van der Waals surface area contributed by atoms with Gasteiger partial charge in [-0.05, 0) is 18.9 Å². The molecule has 0 bridgehead atoms. The number of rotatable bonds is 6. The van der Waals surface area contributed by atoms with Gasteiger partial charge in [0.1, 0.15) is 10.4 Å². The molecular weight excluding hydrogens is 308 g/mol. The van der Waals surface area contributed by atoms with Crippen LogP contribution in [0, 0.1) is 6.92 Å². The Morgan fingerprint density at radius 1 is 1.43 bits per heavy atom. The molecule has 0 aliphatic carbocycles. The van der Waals surface area contributed by atoms with Crippen molar-refractivity contribution in [1.82, 2.24) is 9.78 Å². The first-order valence-electron chi connectivity index (χ1n) is 6.55. The van der Waals surface area contributed by atoms with Crippen LogP contribution in [0.15, 0.2) is 30.3 Å². The maximum atomic E-state index is 11.4. The van der Waals surface area contributed by atoms with Crippen LogP contribution in [-0.2, 0) is 24.0 Å². The summed E-state index contributed by atoms with van der Waals surface area (Å²) in [5.74, 6) is -0.260. The van der Waals surface area contributed by atoms with Gasteiger partial charge in [-0.1, -0.05) is 41.9 Å². The molecule has 1 aromatic carbocycles. The second-order valence-corrected chi connectivity index (χ2v) is 6.36. The van der Waals surface area contributed by atoms with E-state index in [9.17, 15) is 9.90 Å². The fourth-order valence-electron chi connectivity index (χ4n) is 2.07. The summed E-state index contributed by atoms with van der Waals surface area (Å²) in [5.41, 5.74) is 2.77. The van der Waals surface area contributed by atoms with Crippen LogP contribution in [0.2, 0.25) is 5.15 Å². The first-order valence-corrected chi connectivity index (χ1v) is 7.98. The Balaban J connectivity index is 2.05. The molecule has 2 aromatic rings. The Hall–Kier alpha value is -1.46.